The predicted octanol–water partition coefficient (Wildman–Crippen LogP) is 2.04. The molecule has 2 aliphatic rings. The molecule has 0 aromatic carbocycles. The fourth-order valence-corrected chi connectivity index (χ4v) is 4.49. The lowest BCUT2D eigenvalue weighted by Crippen LogP contribution is -2.48. The molecule has 1 atom stereocenters. The number of nitrogens with one attached hydrogen (secondary N) is 2. The summed E-state index contributed by atoms with van der Waals surface area (Å²) in [7, 11) is 1.86. The van der Waals surface area contributed by atoms with Crippen LogP contribution in [0, 0.1) is 0 Å². The molecule has 1 aromatic heterocycles. The van der Waals surface area contributed by atoms with E-state index in [1.54, 1.807) is 0 Å². The second-order valence-electron chi connectivity index (χ2n) is 8.25. The van der Waals surface area contributed by atoms with Crippen molar-refractivity contribution in [2.75, 3.05) is 70.9 Å². The van der Waals surface area contributed by atoms with Crippen molar-refractivity contribution in [2.45, 2.75) is 45.1 Å². The number of rotatable bonds is 9. The van der Waals surface area contributed by atoms with Gasteiger partial charge in [-0.15, -0.1) is 24.0 Å². The van der Waals surface area contributed by atoms with Gasteiger partial charge in [0.05, 0.1) is 0 Å². The number of hydrogen-bond acceptors (Lipinski definition) is 6. The zero-order valence-electron chi connectivity index (χ0n) is 19.3. The molecule has 8 nitrogen and oxygen atoms in total. The smallest absolute Gasteiger partial charge is 0.225 e. The molecule has 2 fully saturated rings. The Bertz CT molecular complexity index is 621. The normalized spacial score (nSPS) is 20.9. The van der Waals surface area contributed by atoms with Gasteiger partial charge in [-0.3, -0.25) is 14.8 Å². The van der Waals surface area contributed by atoms with E-state index >= 15 is 0 Å². The Morgan fingerprint density at radius 1 is 1.03 bits per heavy atom. The van der Waals surface area contributed by atoms with Crippen LogP contribution in [0.15, 0.2) is 23.5 Å². The van der Waals surface area contributed by atoms with E-state index in [2.05, 4.69) is 47.2 Å². The van der Waals surface area contributed by atoms with Gasteiger partial charge >= 0.3 is 0 Å². The van der Waals surface area contributed by atoms with Gasteiger partial charge in [-0.1, -0.05) is 13.3 Å². The number of piperazine rings is 1. The molecular formula is C22H41IN8. The van der Waals surface area contributed by atoms with Crippen molar-refractivity contribution in [2.24, 2.45) is 4.99 Å². The number of nitrogens with zero attached hydrogens (tertiary/aromatic N) is 6. The Balaban J connectivity index is 0.00000341. The summed E-state index contributed by atoms with van der Waals surface area (Å²) in [4.78, 5) is 20.5. The third-order valence-electron chi connectivity index (χ3n) is 6.29. The number of hydrogen-bond donors (Lipinski definition) is 2. The van der Waals surface area contributed by atoms with Gasteiger partial charge in [0.15, 0.2) is 5.96 Å². The lowest BCUT2D eigenvalue weighted by Gasteiger charge is -2.35. The molecule has 3 rings (SSSR count). The third-order valence-corrected chi connectivity index (χ3v) is 6.29. The van der Waals surface area contributed by atoms with Crippen LogP contribution in [0.1, 0.15) is 39.0 Å². The van der Waals surface area contributed by atoms with Crippen LogP contribution >= 0.6 is 24.0 Å². The maximum absolute atomic E-state index is 4.38. The van der Waals surface area contributed by atoms with Crippen molar-refractivity contribution in [3.63, 3.8) is 0 Å². The van der Waals surface area contributed by atoms with Gasteiger partial charge in [0.25, 0.3) is 0 Å². The van der Waals surface area contributed by atoms with Crippen LogP contribution in [0.5, 0.6) is 0 Å². The van der Waals surface area contributed by atoms with Gasteiger partial charge in [0, 0.05) is 71.3 Å². The lowest BCUT2D eigenvalue weighted by molar-refractivity contribution is 0.147. The molecule has 0 aliphatic carbocycles. The highest BCUT2D eigenvalue weighted by Gasteiger charge is 2.20. The van der Waals surface area contributed by atoms with E-state index in [1.807, 2.05) is 25.5 Å². The van der Waals surface area contributed by atoms with Gasteiger partial charge in [-0.25, -0.2) is 9.97 Å². The first-order valence-corrected chi connectivity index (χ1v) is 11.7. The largest absolute Gasteiger partial charge is 0.356 e. The second-order valence-corrected chi connectivity index (χ2v) is 8.25. The monoisotopic (exact) mass is 544 g/mol. The Hall–Kier alpha value is -1.20. The summed E-state index contributed by atoms with van der Waals surface area (Å²) >= 11 is 0. The van der Waals surface area contributed by atoms with E-state index in [0.29, 0.717) is 0 Å². The first kappa shape index (κ1) is 26.1. The summed E-state index contributed by atoms with van der Waals surface area (Å²) in [5, 5.41) is 6.96. The average molecular weight is 545 g/mol. The van der Waals surface area contributed by atoms with E-state index in [4.69, 9.17) is 0 Å². The summed E-state index contributed by atoms with van der Waals surface area (Å²) in [5.74, 6) is 1.77. The number of anilines is 1. The van der Waals surface area contributed by atoms with Crippen molar-refractivity contribution in [1.29, 1.82) is 0 Å². The molecule has 31 heavy (non-hydrogen) atoms. The topological polar surface area (TPSA) is 71.9 Å². The first-order valence-electron chi connectivity index (χ1n) is 11.7. The molecule has 9 heteroatoms. The van der Waals surface area contributed by atoms with Crippen molar-refractivity contribution >= 4 is 35.9 Å². The summed E-state index contributed by atoms with van der Waals surface area (Å²) in [6.07, 6.45) is 10.1. The zero-order valence-corrected chi connectivity index (χ0v) is 21.6. The predicted molar refractivity (Wildman–Crippen MR) is 140 cm³/mol. The molecule has 0 saturated carbocycles. The van der Waals surface area contributed by atoms with Crippen molar-refractivity contribution in [3.8, 4) is 0 Å². The zero-order chi connectivity index (χ0) is 21.0. The SMILES string of the molecule is CCC1CCCCN1CCNC(=NC)NCCCN1CCN(c2ncccn2)CC1.I. The number of halogens is 1. The molecule has 0 amide bonds. The average Bonchev–Trinajstić information content (AvgIpc) is 2.82. The molecule has 0 bridgehead atoms. The summed E-state index contributed by atoms with van der Waals surface area (Å²) in [6, 6.07) is 2.63. The molecule has 2 saturated heterocycles. The summed E-state index contributed by atoms with van der Waals surface area (Å²) in [5.41, 5.74) is 0. The van der Waals surface area contributed by atoms with E-state index < -0.39 is 0 Å². The summed E-state index contributed by atoms with van der Waals surface area (Å²) < 4.78 is 0. The molecule has 0 radical (unpaired) electrons. The first-order chi connectivity index (χ1) is 14.8. The van der Waals surface area contributed by atoms with Crippen LogP contribution in [0.2, 0.25) is 0 Å². The van der Waals surface area contributed by atoms with Crippen molar-refractivity contribution in [1.82, 2.24) is 30.4 Å². The molecule has 2 N–H and O–H groups in total. The van der Waals surface area contributed by atoms with Crippen LogP contribution in [-0.4, -0.2) is 97.7 Å². The van der Waals surface area contributed by atoms with Crippen LogP contribution in [0.3, 0.4) is 0 Å². The number of piperidine rings is 1. The Morgan fingerprint density at radius 3 is 2.48 bits per heavy atom. The Labute approximate surface area is 205 Å². The standard InChI is InChI=1S/C22H40N8.HI/c1-3-20-8-4-5-14-29(20)15-12-25-21(23-2)24-11-7-13-28-16-18-30(19-17-28)22-26-9-6-10-27-22;/h6,9-10,20H,3-5,7-8,11-19H2,1-2H3,(H2,23,24,25);1H. The quantitative estimate of drug-likeness (QED) is 0.214. The third kappa shape index (κ3) is 8.69. The van der Waals surface area contributed by atoms with Gasteiger partial charge < -0.3 is 15.5 Å². The van der Waals surface area contributed by atoms with Gasteiger partial charge in [0.1, 0.15) is 0 Å². The minimum absolute atomic E-state index is 0. The molecule has 2 aliphatic heterocycles. The minimum Gasteiger partial charge on any atom is -0.356 e. The Kier molecular flexibility index (Phi) is 12.4. The van der Waals surface area contributed by atoms with Crippen LogP contribution in [0.4, 0.5) is 5.95 Å². The van der Waals surface area contributed by atoms with Gasteiger partial charge in [-0.2, -0.15) is 0 Å². The lowest BCUT2D eigenvalue weighted by atomic mass is 10.0. The number of aliphatic imine (C=N–C) groups is 1. The van der Waals surface area contributed by atoms with Gasteiger partial charge in [-0.05, 0) is 44.8 Å². The van der Waals surface area contributed by atoms with Crippen molar-refractivity contribution in [3.05, 3.63) is 18.5 Å². The van der Waals surface area contributed by atoms with E-state index in [-0.39, 0.29) is 24.0 Å². The maximum Gasteiger partial charge on any atom is 0.225 e. The maximum atomic E-state index is 4.38. The number of likely N-dealkylation sites (tertiary alicyclic amines) is 1. The molecule has 1 unspecified atom stereocenters. The van der Waals surface area contributed by atoms with Crippen LogP contribution in [-0.2, 0) is 0 Å². The highest BCUT2D eigenvalue weighted by atomic mass is 127. The molecular weight excluding hydrogens is 503 g/mol. The fourth-order valence-electron chi connectivity index (χ4n) is 4.49. The highest BCUT2D eigenvalue weighted by Crippen LogP contribution is 2.18. The minimum atomic E-state index is 0. The van der Waals surface area contributed by atoms with Crippen molar-refractivity contribution < 1.29 is 0 Å². The second kappa shape index (κ2) is 14.8. The van der Waals surface area contributed by atoms with Gasteiger partial charge in [0.2, 0.25) is 5.95 Å². The van der Waals surface area contributed by atoms with E-state index in [9.17, 15) is 0 Å². The highest BCUT2D eigenvalue weighted by molar-refractivity contribution is 14.0. The van der Waals surface area contributed by atoms with Crippen LogP contribution < -0.4 is 15.5 Å². The summed E-state index contributed by atoms with van der Waals surface area (Å²) in [6.45, 7) is 11.8. The Morgan fingerprint density at radius 2 is 1.77 bits per heavy atom. The number of guanidine groups is 1. The molecule has 0 spiro atoms. The molecule has 3 heterocycles. The van der Waals surface area contributed by atoms with E-state index in [0.717, 1.165) is 76.7 Å². The fraction of sp³-hybridized carbons (Fsp3) is 0.773. The van der Waals surface area contributed by atoms with E-state index in [1.165, 1.54) is 32.2 Å². The molecule has 176 valence electrons. The van der Waals surface area contributed by atoms with Crippen LogP contribution in [0.25, 0.3) is 0 Å². The number of aromatic nitrogens is 2. The molecule has 1 aromatic rings.